The molecule has 0 bridgehead atoms. The number of rotatable bonds is 4. The molecule has 130 valence electrons. The lowest BCUT2D eigenvalue weighted by Crippen LogP contribution is -2.27. The summed E-state index contributed by atoms with van der Waals surface area (Å²) in [6.07, 6.45) is 3.27. The van der Waals surface area contributed by atoms with Crippen LogP contribution in [0.15, 0.2) is 84.0 Å². The van der Waals surface area contributed by atoms with Gasteiger partial charge in [-0.25, -0.2) is 13.1 Å². The minimum absolute atomic E-state index is 0.269. The van der Waals surface area contributed by atoms with E-state index in [0.717, 1.165) is 21.7 Å². The van der Waals surface area contributed by atoms with E-state index < -0.39 is 10.0 Å². The first-order chi connectivity index (χ1) is 12.5. The van der Waals surface area contributed by atoms with E-state index in [2.05, 4.69) is 9.71 Å². The van der Waals surface area contributed by atoms with Crippen LogP contribution in [-0.2, 0) is 10.0 Å². The Morgan fingerprint density at radius 1 is 0.885 bits per heavy atom. The van der Waals surface area contributed by atoms with Crippen LogP contribution in [0.1, 0.15) is 18.5 Å². The Hall–Kier alpha value is -2.76. The second-order valence-electron chi connectivity index (χ2n) is 6.30. The highest BCUT2D eigenvalue weighted by Gasteiger charge is 2.20. The number of nitrogens with zero attached hydrogens (tertiary/aromatic N) is 1. The van der Waals surface area contributed by atoms with Crippen LogP contribution >= 0.6 is 0 Å². The molecule has 4 rings (SSSR count). The third-order valence-electron chi connectivity index (χ3n) is 4.54. The van der Waals surface area contributed by atoms with Crippen molar-refractivity contribution in [1.29, 1.82) is 0 Å². The van der Waals surface area contributed by atoms with Crippen LogP contribution in [0, 0.1) is 0 Å². The van der Waals surface area contributed by atoms with Crippen LogP contribution in [0.2, 0.25) is 0 Å². The molecule has 0 aliphatic carbocycles. The number of nitrogens with one attached hydrogen (secondary N) is 1. The molecule has 0 radical (unpaired) electrons. The van der Waals surface area contributed by atoms with Gasteiger partial charge >= 0.3 is 0 Å². The number of hydrogen-bond acceptors (Lipinski definition) is 3. The second kappa shape index (κ2) is 6.52. The highest BCUT2D eigenvalue weighted by atomic mass is 32.2. The topological polar surface area (TPSA) is 59.1 Å². The summed E-state index contributed by atoms with van der Waals surface area (Å²) in [5.74, 6) is 0. The highest BCUT2D eigenvalue weighted by molar-refractivity contribution is 7.89. The molecule has 1 N–H and O–H groups in total. The number of pyridine rings is 1. The lowest BCUT2D eigenvalue weighted by molar-refractivity contribution is 0.568. The number of aromatic nitrogens is 1. The van der Waals surface area contributed by atoms with Crippen molar-refractivity contribution in [3.8, 4) is 0 Å². The van der Waals surface area contributed by atoms with Crippen molar-refractivity contribution in [3.05, 3.63) is 84.7 Å². The van der Waals surface area contributed by atoms with E-state index in [1.807, 2.05) is 55.5 Å². The number of hydrogen-bond donors (Lipinski definition) is 1. The predicted molar refractivity (Wildman–Crippen MR) is 104 cm³/mol. The van der Waals surface area contributed by atoms with Crippen molar-refractivity contribution in [2.75, 3.05) is 0 Å². The summed E-state index contributed by atoms with van der Waals surface area (Å²) in [5, 5.41) is 3.69. The first-order valence-electron chi connectivity index (χ1n) is 8.38. The third kappa shape index (κ3) is 3.07. The summed E-state index contributed by atoms with van der Waals surface area (Å²) in [7, 11) is -3.67. The molecule has 0 amide bonds. The minimum Gasteiger partial charge on any atom is -0.264 e. The summed E-state index contributed by atoms with van der Waals surface area (Å²) in [6, 6.07) is 20.6. The van der Waals surface area contributed by atoms with Crippen LogP contribution < -0.4 is 4.72 Å². The van der Waals surface area contributed by atoms with E-state index in [-0.39, 0.29) is 10.9 Å². The maximum absolute atomic E-state index is 13.0. The van der Waals surface area contributed by atoms with E-state index in [4.69, 9.17) is 0 Å². The molecule has 0 spiro atoms. The molecular weight excluding hydrogens is 344 g/mol. The standard InChI is InChI=1S/C21H18N2O2S/c1-15(17-10-9-16-5-2-3-6-18(16)13-17)23-26(24,25)21-8-4-7-19-14-22-12-11-20(19)21/h2-15,23H,1H3/t15-/m0/s1. The molecule has 0 unspecified atom stereocenters. The van der Waals surface area contributed by atoms with E-state index >= 15 is 0 Å². The number of benzene rings is 3. The Kier molecular flexibility index (Phi) is 4.18. The number of fused-ring (bicyclic) bond motifs is 2. The average Bonchev–Trinajstić information content (AvgIpc) is 2.66. The molecule has 1 heterocycles. The predicted octanol–water partition coefficient (Wildman–Crippen LogP) is 4.43. The van der Waals surface area contributed by atoms with Gasteiger partial charge in [0, 0.05) is 29.2 Å². The molecule has 4 aromatic rings. The molecule has 0 fully saturated rings. The Balaban J connectivity index is 1.70. The molecule has 3 aromatic carbocycles. The van der Waals surface area contributed by atoms with Gasteiger partial charge in [0.15, 0.2) is 0 Å². The van der Waals surface area contributed by atoms with Crippen molar-refractivity contribution in [2.24, 2.45) is 0 Å². The summed E-state index contributed by atoms with van der Waals surface area (Å²) in [6.45, 7) is 1.86. The zero-order valence-corrected chi connectivity index (χ0v) is 15.1. The SMILES string of the molecule is C[C@H](NS(=O)(=O)c1cccc2cnccc12)c1ccc2ccccc2c1. The Bertz CT molecular complexity index is 1200. The van der Waals surface area contributed by atoms with Crippen LogP contribution in [0.5, 0.6) is 0 Å². The normalized spacial score (nSPS) is 13.1. The van der Waals surface area contributed by atoms with E-state index in [9.17, 15) is 8.42 Å². The van der Waals surface area contributed by atoms with Crippen molar-refractivity contribution in [3.63, 3.8) is 0 Å². The van der Waals surface area contributed by atoms with Gasteiger partial charge in [-0.1, -0.05) is 48.5 Å². The summed E-state index contributed by atoms with van der Waals surface area (Å²) >= 11 is 0. The summed E-state index contributed by atoms with van der Waals surface area (Å²) < 4.78 is 28.7. The Morgan fingerprint density at radius 2 is 1.65 bits per heavy atom. The average molecular weight is 362 g/mol. The Labute approximate surface area is 152 Å². The fourth-order valence-corrected chi connectivity index (χ4v) is 4.63. The van der Waals surface area contributed by atoms with E-state index in [0.29, 0.717) is 5.39 Å². The smallest absolute Gasteiger partial charge is 0.241 e. The largest absolute Gasteiger partial charge is 0.264 e. The van der Waals surface area contributed by atoms with E-state index in [1.165, 1.54) is 0 Å². The monoisotopic (exact) mass is 362 g/mol. The molecule has 26 heavy (non-hydrogen) atoms. The first-order valence-corrected chi connectivity index (χ1v) is 9.87. The molecule has 5 heteroatoms. The molecule has 0 aliphatic heterocycles. The Morgan fingerprint density at radius 3 is 2.50 bits per heavy atom. The minimum atomic E-state index is -3.67. The van der Waals surface area contributed by atoms with Gasteiger partial charge in [0.1, 0.15) is 0 Å². The first kappa shape index (κ1) is 16.7. The van der Waals surface area contributed by atoms with Crippen LogP contribution in [0.3, 0.4) is 0 Å². The fourth-order valence-electron chi connectivity index (χ4n) is 3.17. The van der Waals surface area contributed by atoms with Crippen LogP contribution in [-0.4, -0.2) is 13.4 Å². The zero-order valence-electron chi connectivity index (χ0n) is 14.3. The molecule has 1 aromatic heterocycles. The van der Waals surface area contributed by atoms with Gasteiger partial charge in [0.2, 0.25) is 10.0 Å². The molecule has 0 saturated carbocycles. The maximum atomic E-state index is 13.0. The van der Waals surface area contributed by atoms with Gasteiger partial charge in [0.05, 0.1) is 4.90 Å². The van der Waals surface area contributed by atoms with Crippen LogP contribution in [0.25, 0.3) is 21.5 Å². The van der Waals surface area contributed by atoms with Crippen molar-refractivity contribution in [2.45, 2.75) is 17.9 Å². The summed E-state index contributed by atoms with van der Waals surface area (Å²) in [4.78, 5) is 4.33. The number of sulfonamides is 1. The third-order valence-corrected chi connectivity index (χ3v) is 6.13. The van der Waals surface area contributed by atoms with Crippen molar-refractivity contribution in [1.82, 2.24) is 9.71 Å². The highest BCUT2D eigenvalue weighted by Crippen LogP contribution is 2.25. The maximum Gasteiger partial charge on any atom is 0.241 e. The van der Waals surface area contributed by atoms with Gasteiger partial charge in [0.25, 0.3) is 0 Å². The lowest BCUT2D eigenvalue weighted by Gasteiger charge is -2.16. The lowest BCUT2D eigenvalue weighted by atomic mass is 10.0. The van der Waals surface area contributed by atoms with Crippen molar-refractivity contribution >= 4 is 31.6 Å². The van der Waals surface area contributed by atoms with Crippen LogP contribution in [0.4, 0.5) is 0 Å². The molecule has 1 atom stereocenters. The van der Waals surface area contributed by atoms with Gasteiger partial charge in [-0.15, -0.1) is 0 Å². The van der Waals surface area contributed by atoms with Gasteiger partial charge in [-0.05, 0) is 41.5 Å². The second-order valence-corrected chi connectivity index (χ2v) is 7.98. The van der Waals surface area contributed by atoms with Gasteiger partial charge < -0.3 is 0 Å². The molecule has 0 saturated heterocycles. The van der Waals surface area contributed by atoms with Gasteiger partial charge in [-0.2, -0.15) is 0 Å². The molecular formula is C21H18N2O2S. The fraction of sp³-hybridized carbons (Fsp3) is 0.0952. The molecule has 0 aliphatic rings. The quantitative estimate of drug-likeness (QED) is 0.584. The van der Waals surface area contributed by atoms with Gasteiger partial charge in [-0.3, -0.25) is 4.98 Å². The zero-order chi connectivity index (χ0) is 18.1. The van der Waals surface area contributed by atoms with E-state index in [1.54, 1.807) is 30.6 Å². The molecule has 4 nitrogen and oxygen atoms in total. The summed E-state index contributed by atoms with van der Waals surface area (Å²) in [5.41, 5.74) is 0.925. The van der Waals surface area contributed by atoms with Crippen molar-refractivity contribution < 1.29 is 8.42 Å².